The topological polar surface area (TPSA) is 104 Å². The number of aromatic nitrogens is 3. The van der Waals surface area contributed by atoms with Crippen molar-refractivity contribution >= 4 is 35.2 Å². The highest BCUT2D eigenvalue weighted by Gasteiger charge is 2.44. The van der Waals surface area contributed by atoms with Crippen molar-refractivity contribution in [3.63, 3.8) is 0 Å². The van der Waals surface area contributed by atoms with Crippen molar-refractivity contribution in [1.82, 2.24) is 15.4 Å². The van der Waals surface area contributed by atoms with E-state index >= 15 is 0 Å². The molecule has 2 aromatic carbocycles. The fourth-order valence-electron chi connectivity index (χ4n) is 6.13. The van der Waals surface area contributed by atoms with Crippen molar-refractivity contribution in [1.29, 1.82) is 0 Å². The van der Waals surface area contributed by atoms with Gasteiger partial charge in [0, 0.05) is 34.7 Å². The molecule has 41 heavy (non-hydrogen) atoms. The molecule has 0 spiro atoms. The van der Waals surface area contributed by atoms with E-state index in [9.17, 15) is 4.79 Å². The lowest BCUT2D eigenvalue weighted by molar-refractivity contribution is 0.0139. The standard InChI is InChI=1S/C30H28Cl2N4O5/c1-38-29(37)18-9-7-17(8-10-18)28-33-34-30(40-28)36-19-11-12-20(36)14-21(13-19)39-15-22-26(35-41-27(22)16-5-6-16)25-23(31)3-2-4-24(25)32/h2-4,7-10,16,19-21H,5-6,11-15H2,1H3/t19-,20?,21+/m0/s1. The Labute approximate surface area is 246 Å². The Balaban J connectivity index is 1.05. The molecule has 3 fully saturated rings. The number of hydrogen-bond acceptors (Lipinski definition) is 9. The molecule has 2 saturated heterocycles. The minimum absolute atomic E-state index is 0.0773. The molecule has 212 valence electrons. The van der Waals surface area contributed by atoms with Crippen molar-refractivity contribution in [3.05, 3.63) is 69.4 Å². The average Bonchev–Trinajstić information content (AvgIpc) is 3.45. The Bertz CT molecular complexity index is 1550. The quantitative estimate of drug-likeness (QED) is 0.198. The molecule has 11 heteroatoms. The number of halogens is 2. The van der Waals surface area contributed by atoms with Crippen molar-refractivity contribution in [3.8, 4) is 22.7 Å². The summed E-state index contributed by atoms with van der Waals surface area (Å²) in [5.41, 5.74) is 3.51. The summed E-state index contributed by atoms with van der Waals surface area (Å²) in [6.45, 7) is 0.391. The molecule has 7 rings (SSSR count). The predicted molar refractivity (Wildman–Crippen MR) is 152 cm³/mol. The number of carbonyl (C=O) groups excluding carboxylic acids is 1. The number of hydrogen-bond donors (Lipinski definition) is 0. The largest absolute Gasteiger partial charge is 0.465 e. The van der Waals surface area contributed by atoms with Gasteiger partial charge in [0.1, 0.15) is 11.5 Å². The Kier molecular flexibility index (Phi) is 6.97. The monoisotopic (exact) mass is 594 g/mol. The molecule has 3 aliphatic rings. The zero-order valence-corrected chi connectivity index (χ0v) is 23.9. The Hall–Kier alpha value is -3.40. The van der Waals surface area contributed by atoms with Crippen LogP contribution in [0, 0.1) is 0 Å². The Morgan fingerprint density at radius 3 is 2.37 bits per heavy atom. The van der Waals surface area contributed by atoms with Gasteiger partial charge >= 0.3 is 12.0 Å². The predicted octanol–water partition coefficient (Wildman–Crippen LogP) is 7.08. The van der Waals surface area contributed by atoms with Crippen LogP contribution in [0.5, 0.6) is 0 Å². The van der Waals surface area contributed by atoms with Gasteiger partial charge in [0.05, 0.1) is 35.4 Å². The second-order valence-electron chi connectivity index (χ2n) is 10.9. The van der Waals surface area contributed by atoms with Crippen LogP contribution in [-0.2, 0) is 16.1 Å². The second kappa shape index (κ2) is 10.8. The van der Waals surface area contributed by atoms with Gasteiger partial charge in [-0.05, 0) is 74.9 Å². The SMILES string of the molecule is COC(=O)c1ccc(-c2nnc(N3C4CC[C@H]3C[C@@H](OCc3c(-c5c(Cl)cccc5Cl)noc3C3CC3)C4)o2)cc1. The number of esters is 1. The first-order valence-corrected chi connectivity index (χ1v) is 14.6. The lowest BCUT2D eigenvalue weighted by atomic mass is 10.00. The van der Waals surface area contributed by atoms with E-state index in [1.807, 2.05) is 18.2 Å². The van der Waals surface area contributed by atoms with Gasteiger partial charge in [0.2, 0.25) is 5.89 Å². The van der Waals surface area contributed by atoms with Gasteiger partial charge in [-0.25, -0.2) is 4.79 Å². The number of carbonyl (C=O) groups is 1. The van der Waals surface area contributed by atoms with E-state index in [0.717, 1.165) is 55.4 Å². The van der Waals surface area contributed by atoms with Gasteiger partial charge < -0.3 is 23.3 Å². The zero-order valence-electron chi connectivity index (χ0n) is 22.4. The molecule has 2 aromatic heterocycles. The first-order chi connectivity index (χ1) is 20.0. The molecule has 1 saturated carbocycles. The molecule has 4 aromatic rings. The number of ether oxygens (including phenoxy) is 2. The molecule has 4 heterocycles. The summed E-state index contributed by atoms with van der Waals surface area (Å²) in [5.74, 6) is 1.29. The van der Waals surface area contributed by atoms with Crippen molar-refractivity contribution in [2.75, 3.05) is 12.0 Å². The minimum atomic E-state index is -0.388. The van der Waals surface area contributed by atoms with Crippen LogP contribution in [-0.4, -0.2) is 46.6 Å². The summed E-state index contributed by atoms with van der Waals surface area (Å²) in [6.07, 6.45) is 6.04. The molecule has 2 bridgehead atoms. The first-order valence-electron chi connectivity index (χ1n) is 13.8. The van der Waals surface area contributed by atoms with E-state index in [0.29, 0.717) is 51.3 Å². The molecule has 1 aliphatic carbocycles. The summed E-state index contributed by atoms with van der Waals surface area (Å²) in [7, 11) is 1.36. The molecule has 0 N–H and O–H groups in total. The third-order valence-corrected chi connectivity index (χ3v) is 8.94. The molecular formula is C30H28Cl2N4O5. The molecule has 1 unspecified atom stereocenters. The number of benzene rings is 2. The molecule has 0 radical (unpaired) electrons. The van der Waals surface area contributed by atoms with Gasteiger partial charge in [0.15, 0.2) is 0 Å². The average molecular weight is 595 g/mol. The molecule has 2 aliphatic heterocycles. The highest BCUT2D eigenvalue weighted by atomic mass is 35.5. The summed E-state index contributed by atoms with van der Waals surface area (Å²) >= 11 is 13.1. The smallest absolute Gasteiger partial charge is 0.337 e. The maximum Gasteiger partial charge on any atom is 0.337 e. The van der Waals surface area contributed by atoms with Crippen LogP contribution in [0.1, 0.15) is 66.1 Å². The van der Waals surface area contributed by atoms with Gasteiger partial charge in [-0.3, -0.25) is 0 Å². The van der Waals surface area contributed by atoms with Crippen LogP contribution in [0.15, 0.2) is 51.4 Å². The molecule has 0 amide bonds. The zero-order chi connectivity index (χ0) is 28.1. The first kappa shape index (κ1) is 26.5. The van der Waals surface area contributed by atoms with E-state index in [1.165, 1.54) is 7.11 Å². The van der Waals surface area contributed by atoms with Gasteiger partial charge in [-0.1, -0.05) is 39.5 Å². The molecular weight excluding hydrogens is 567 g/mol. The fraction of sp³-hybridized carbons (Fsp3) is 0.400. The Morgan fingerprint density at radius 1 is 1.00 bits per heavy atom. The third kappa shape index (κ3) is 5.00. The number of nitrogens with zero attached hydrogens (tertiary/aromatic N) is 4. The van der Waals surface area contributed by atoms with Crippen LogP contribution >= 0.6 is 23.2 Å². The fourth-order valence-corrected chi connectivity index (χ4v) is 6.70. The van der Waals surface area contributed by atoms with Crippen LogP contribution in [0.3, 0.4) is 0 Å². The summed E-state index contributed by atoms with van der Waals surface area (Å²) in [6, 6.07) is 13.4. The van der Waals surface area contributed by atoms with Crippen LogP contribution in [0.4, 0.5) is 6.01 Å². The van der Waals surface area contributed by atoms with Gasteiger partial charge in [0.25, 0.3) is 0 Å². The van der Waals surface area contributed by atoms with E-state index in [1.54, 1.807) is 24.3 Å². The van der Waals surface area contributed by atoms with E-state index in [-0.39, 0.29) is 24.2 Å². The lowest BCUT2D eigenvalue weighted by Gasteiger charge is -2.37. The highest BCUT2D eigenvalue weighted by Crippen LogP contribution is 2.47. The van der Waals surface area contributed by atoms with E-state index in [2.05, 4.69) is 20.3 Å². The number of fused-ring (bicyclic) bond motifs is 2. The summed E-state index contributed by atoms with van der Waals surface area (Å²) < 4.78 is 23.2. The number of anilines is 1. The van der Waals surface area contributed by atoms with Crippen LogP contribution in [0.25, 0.3) is 22.7 Å². The van der Waals surface area contributed by atoms with E-state index < -0.39 is 0 Å². The van der Waals surface area contributed by atoms with Gasteiger partial charge in [-0.2, -0.15) is 0 Å². The lowest BCUT2D eigenvalue weighted by Crippen LogP contribution is -2.45. The van der Waals surface area contributed by atoms with E-state index in [4.69, 9.17) is 41.6 Å². The second-order valence-corrected chi connectivity index (χ2v) is 11.7. The summed E-state index contributed by atoms with van der Waals surface area (Å²) in [4.78, 5) is 14.0. The normalized spacial score (nSPS) is 21.8. The number of methoxy groups -OCH3 is 1. The number of rotatable bonds is 8. The maximum atomic E-state index is 11.7. The summed E-state index contributed by atoms with van der Waals surface area (Å²) in [5, 5.41) is 14.1. The van der Waals surface area contributed by atoms with Crippen molar-refractivity contribution < 1.29 is 23.2 Å². The maximum absolute atomic E-state index is 11.7. The number of piperidine rings is 1. The molecule has 3 atom stereocenters. The van der Waals surface area contributed by atoms with Crippen LogP contribution < -0.4 is 4.90 Å². The Morgan fingerprint density at radius 2 is 1.71 bits per heavy atom. The van der Waals surface area contributed by atoms with Crippen molar-refractivity contribution in [2.24, 2.45) is 0 Å². The minimum Gasteiger partial charge on any atom is -0.465 e. The van der Waals surface area contributed by atoms with Gasteiger partial charge in [-0.15, -0.1) is 5.10 Å². The highest BCUT2D eigenvalue weighted by molar-refractivity contribution is 6.39. The third-order valence-electron chi connectivity index (χ3n) is 8.31. The molecule has 9 nitrogen and oxygen atoms in total. The van der Waals surface area contributed by atoms with Crippen molar-refractivity contribution in [2.45, 2.75) is 69.2 Å². The van der Waals surface area contributed by atoms with Crippen LogP contribution in [0.2, 0.25) is 10.0 Å².